The first-order valence-corrected chi connectivity index (χ1v) is 8.43. The summed E-state index contributed by atoms with van der Waals surface area (Å²) in [4.78, 5) is 26.3. The van der Waals surface area contributed by atoms with E-state index in [1.54, 1.807) is 31.1 Å². The zero-order valence-electron chi connectivity index (χ0n) is 15.8. The highest BCUT2D eigenvalue weighted by molar-refractivity contribution is 6.04. The molecule has 0 bridgehead atoms. The van der Waals surface area contributed by atoms with Crippen LogP contribution in [-0.2, 0) is 4.74 Å². The maximum atomic E-state index is 13.7. The van der Waals surface area contributed by atoms with Gasteiger partial charge in [-0.3, -0.25) is 4.79 Å². The molecule has 3 N–H and O–H groups in total. The molecule has 0 unspecified atom stereocenters. The zero-order valence-corrected chi connectivity index (χ0v) is 15.8. The number of benzene rings is 2. The van der Waals surface area contributed by atoms with Crippen molar-refractivity contribution in [2.75, 3.05) is 49.9 Å². The van der Waals surface area contributed by atoms with Gasteiger partial charge in [0.15, 0.2) is 0 Å². The average Bonchev–Trinajstić information content (AvgIpc) is 2.64. The molecule has 0 fully saturated rings. The van der Waals surface area contributed by atoms with Gasteiger partial charge in [-0.05, 0) is 30.3 Å². The summed E-state index contributed by atoms with van der Waals surface area (Å²) in [5.74, 6) is -1.96. The second-order valence-corrected chi connectivity index (χ2v) is 6.08. The van der Waals surface area contributed by atoms with Gasteiger partial charge in [0, 0.05) is 45.2 Å². The number of nitrogens with one attached hydrogen (secondary N) is 3. The number of urea groups is 1. The van der Waals surface area contributed by atoms with Gasteiger partial charge < -0.3 is 25.6 Å². The third-order valence-corrected chi connectivity index (χ3v) is 3.75. The van der Waals surface area contributed by atoms with Crippen LogP contribution >= 0.6 is 0 Å². The van der Waals surface area contributed by atoms with E-state index in [1.807, 2.05) is 0 Å². The number of carbonyl (C=O) groups excluding carboxylic acids is 2. The molecule has 0 heterocycles. The molecule has 28 heavy (non-hydrogen) atoms. The van der Waals surface area contributed by atoms with Crippen molar-refractivity contribution in [1.82, 2.24) is 5.32 Å². The highest BCUT2D eigenvalue weighted by atomic mass is 19.1. The Bertz CT molecular complexity index is 859. The number of methoxy groups -OCH3 is 1. The Morgan fingerprint density at radius 1 is 1.07 bits per heavy atom. The largest absolute Gasteiger partial charge is 0.383 e. The molecule has 0 saturated heterocycles. The molecule has 0 saturated carbocycles. The molecule has 7 nitrogen and oxygen atoms in total. The van der Waals surface area contributed by atoms with Crippen LogP contribution in [-0.4, -0.2) is 46.3 Å². The lowest BCUT2D eigenvalue weighted by molar-refractivity contribution is 0.0937. The second kappa shape index (κ2) is 9.65. The zero-order chi connectivity index (χ0) is 20.7. The standard InChI is InChI=1S/C19H22F2N4O3/c1-25(2)17-7-5-13(11-14(17)18(26)22-8-9-28-3)23-19(27)24-16-6-4-12(20)10-15(16)21/h4-7,10-11H,8-9H2,1-3H3,(H,22,26)(H2,23,24,27). The molecule has 9 heteroatoms. The monoisotopic (exact) mass is 392 g/mol. The van der Waals surface area contributed by atoms with Crippen LogP contribution in [0.2, 0.25) is 0 Å². The predicted molar refractivity (Wildman–Crippen MR) is 104 cm³/mol. The Kier molecular flexibility index (Phi) is 7.28. The molecular weight excluding hydrogens is 370 g/mol. The van der Waals surface area contributed by atoms with E-state index in [4.69, 9.17) is 4.74 Å². The third-order valence-electron chi connectivity index (χ3n) is 3.75. The summed E-state index contributed by atoms with van der Waals surface area (Å²) in [7, 11) is 5.11. The summed E-state index contributed by atoms with van der Waals surface area (Å²) >= 11 is 0. The van der Waals surface area contributed by atoms with Gasteiger partial charge in [0.1, 0.15) is 11.6 Å². The average molecular weight is 392 g/mol. The first-order chi connectivity index (χ1) is 13.3. The summed E-state index contributed by atoms with van der Waals surface area (Å²) in [6.07, 6.45) is 0. The van der Waals surface area contributed by atoms with Crippen molar-refractivity contribution in [1.29, 1.82) is 0 Å². The molecule has 0 aliphatic rings. The Hall–Kier alpha value is -3.20. The number of carbonyl (C=O) groups is 2. The van der Waals surface area contributed by atoms with E-state index in [2.05, 4.69) is 16.0 Å². The molecule has 0 atom stereocenters. The Balaban J connectivity index is 2.15. The summed E-state index contributed by atoms with van der Waals surface area (Å²) in [5, 5.41) is 7.55. The predicted octanol–water partition coefficient (Wildman–Crippen LogP) is 3.05. The SMILES string of the molecule is COCCNC(=O)c1cc(NC(=O)Nc2ccc(F)cc2F)ccc1N(C)C. The number of hydrogen-bond acceptors (Lipinski definition) is 4. The van der Waals surface area contributed by atoms with Gasteiger partial charge in [-0.15, -0.1) is 0 Å². The van der Waals surface area contributed by atoms with Crippen LogP contribution in [0.15, 0.2) is 36.4 Å². The van der Waals surface area contributed by atoms with Crippen LogP contribution in [0, 0.1) is 11.6 Å². The molecule has 0 spiro atoms. The van der Waals surface area contributed by atoms with Crippen LogP contribution in [0.25, 0.3) is 0 Å². The number of ether oxygens (including phenoxy) is 1. The van der Waals surface area contributed by atoms with Gasteiger partial charge in [-0.25, -0.2) is 13.6 Å². The summed E-state index contributed by atoms with van der Waals surface area (Å²) in [5.41, 5.74) is 1.18. The van der Waals surface area contributed by atoms with E-state index >= 15 is 0 Å². The van der Waals surface area contributed by atoms with E-state index in [0.717, 1.165) is 12.1 Å². The fourth-order valence-corrected chi connectivity index (χ4v) is 2.42. The number of amides is 3. The molecular formula is C19H22F2N4O3. The van der Waals surface area contributed by atoms with Crippen LogP contribution in [0.5, 0.6) is 0 Å². The Labute approximate surface area is 161 Å². The molecule has 0 radical (unpaired) electrons. The number of hydrogen-bond donors (Lipinski definition) is 3. The maximum Gasteiger partial charge on any atom is 0.323 e. The smallest absolute Gasteiger partial charge is 0.323 e. The quantitative estimate of drug-likeness (QED) is 0.633. The molecule has 0 aliphatic heterocycles. The van der Waals surface area contributed by atoms with Crippen LogP contribution in [0.4, 0.5) is 30.6 Å². The second-order valence-electron chi connectivity index (χ2n) is 6.08. The number of halogens is 2. The number of anilines is 3. The van der Waals surface area contributed by atoms with Crippen molar-refractivity contribution in [2.45, 2.75) is 0 Å². The molecule has 3 amide bonds. The highest BCUT2D eigenvalue weighted by Crippen LogP contribution is 2.23. The molecule has 150 valence electrons. The highest BCUT2D eigenvalue weighted by Gasteiger charge is 2.15. The first kappa shape index (κ1) is 21.1. The van der Waals surface area contributed by atoms with Gasteiger partial charge in [0.2, 0.25) is 0 Å². The molecule has 2 aromatic rings. The third kappa shape index (κ3) is 5.65. The summed E-state index contributed by atoms with van der Waals surface area (Å²) in [6.45, 7) is 0.705. The topological polar surface area (TPSA) is 82.7 Å². The molecule has 2 rings (SSSR count). The normalized spacial score (nSPS) is 10.3. The van der Waals surface area contributed by atoms with E-state index in [1.165, 1.54) is 13.2 Å². The van der Waals surface area contributed by atoms with Gasteiger partial charge in [-0.2, -0.15) is 0 Å². The molecule has 0 aromatic heterocycles. The van der Waals surface area contributed by atoms with Crippen molar-refractivity contribution >= 4 is 29.0 Å². The van der Waals surface area contributed by atoms with Crippen molar-refractivity contribution in [3.05, 3.63) is 53.6 Å². The summed E-state index contributed by atoms with van der Waals surface area (Å²) in [6, 6.07) is 6.90. The summed E-state index contributed by atoms with van der Waals surface area (Å²) < 4.78 is 31.5. The lowest BCUT2D eigenvalue weighted by Crippen LogP contribution is -2.29. The number of rotatable bonds is 7. The maximum absolute atomic E-state index is 13.7. The van der Waals surface area contributed by atoms with Crippen molar-refractivity contribution < 1.29 is 23.1 Å². The van der Waals surface area contributed by atoms with E-state index in [0.29, 0.717) is 36.2 Å². The van der Waals surface area contributed by atoms with Gasteiger partial charge in [0.25, 0.3) is 5.91 Å². The lowest BCUT2D eigenvalue weighted by atomic mass is 10.1. The van der Waals surface area contributed by atoms with E-state index in [-0.39, 0.29) is 11.6 Å². The van der Waals surface area contributed by atoms with Crippen LogP contribution in [0.3, 0.4) is 0 Å². The molecule has 2 aromatic carbocycles. The minimum atomic E-state index is -0.892. The Morgan fingerprint density at radius 3 is 2.46 bits per heavy atom. The minimum Gasteiger partial charge on any atom is -0.383 e. The van der Waals surface area contributed by atoms with Crippen LogP contribution < -0.4 is 20.9 Å². The van der Waals surface area contributed by atoms with Gasteiger partial charge in [0.05, 0.1) is 17.9 Å². The van der Waals surface area contributed by atoms with E-state index in [9.17, 15) is 18.4 Å². The number of nitrogens with zero attached hydrogens (tertiary/aromatic N) is 1. The lowest BCUT2D eigenvalue weighted by Gasteiger charge is -2.18. The first-order valence-electron chi connectivity index (χ1n) is 8.43. The van der Waals surface area contributed by atoms with Crippen molar-refractivity contribution in [3.8, 4) is 0 Å². The minimum absolute atomic E-state index is 0.165. The fourth-order valence-electron chi connectivity index (χ4n) is 2.42. The Morgan fingerprint density at radius 2 is 1.82 bits per heavy atom. The van der Waals surface area contributed by atoms with Crippen molar-refractivity contribution in [3.63, 3.8) is 0 Å². The van der Waals surface area contributed by atoms with Crippen LogP contribution in [0.1, 0.15) is 10.4 Å². The van der Waals surface area contributed by atoms with E-state index < -0.39 is 17.7 Å². The van der Waals surface area contributed by atoms with Gasteiger partial charge >= 0.3 is 6.03 Å². The van der Waals surface area contributed by atoms with Crippen molar-refractivity contribution in [2.24, 2.45) is 0 Å². The molecule has 0 aliphatic carbocycles. The van der Waals surface area contributed by atoms with Gasteiger partial charge in [-0.1, -0.05) is 0 Å². The fraction of sp³-hybridized carbons (Fsp3) is 0.263.